The number of carbonyl (C=O) groups is 1. The lowest BCUT2D eigenvalue weighted by molar-refractivity contribution is -0.130. The van der Waals surface area contributed by atoms with Crippen molar-refractivity contribution in [1.29, 1.82) is 0 Å². The van der Waals surface area contributed by atoms with E-state index in [4.69, 9.17) is 4.74 Å². The molecule has 0 unspecified atom stereocenters. The van der Waals surface area contributed by atoms with Gasteiger partial charge in [-0.1, -0.05) is 48.5 Å². The minimum atomic E-state index is 0. The first kappa shape index (κ1) is 24.7. The van der Waals surface area contributed by atoms with E-state index in [1.165, 1.54) is 0 Å². The first-order chi connectivity index (χ1) is 13.6. The molecule has 2 aromatic carbocycles. The highest BCUT2D eigenvalue weighted by molar-refractivity contribution is 14.0. The molecule has 2 N–H and O–H groups in total. The van der Waals surface area contributed by atoms with Gasteiger partial charge in [0.2, 0.25) is 5.91 Å². The maximum atomic E-state index is 12.3. The van der Waals surface area contributed by atoms with Crippen molar-refractivity contribution in [1.82, 2.24) is 15.5 Å². The van der Waals surface area contributed by atoms with E-state index in [1.54, 1.807) is 11.9 Å². The van der Waals surface area contributed by atoms with Crippen molar-refractivity contribution < 1.29 is 9.53 Å². The predicted molar refractivity (Wildman–Crippen MR) is 129 cm³/mol. The van der Waals surface area contributed by atoms with Crippen LogP contribution in [-0.2, 0) is 17.9 Å². The second-order valence-corrected chi connectivity index (χ2v) is 6.38. The summed E-state index contributed by atoms with van der Waals surface area (Å²) in [7, 11) is 3.54. The smallest absolute Gasteiger partial charge is 0.224 e. The Morgan fingerprint density at radius 1 is 1.07 bits per heavy atom. The number of halogens is 1. The van der Waals surface area contributed by atoms with Crippen LogP contribution in [0.4, 0.5) is 0 Å². The first-order valence-electron chi connectivity index (χ1n) is 9.57. The molecule has 2 aromatic rings. The molecule has 6 nitrogen and oxygen atoms in total. The van der Waals surface area contributed by atoms with E-state index in [2.05, 4.69) is 15.6 Å². The van der Waals surface area contributed by atoms with Gasteiger partial charge in [-0.2, -0.15) is 0 Å². The van der Waals surface area contributed by atoms with Gasteiger partial charge in [0, 0.05) is 45.7 Å². The number of ether oxygens (including phenoxy) is 1. The summed E-state index contributed by atoms with van der Waals surface area (Å²) in [6, 6.07) is 17.9. The monoisotopic (exact) mass is 510 g/mol. The number of nitrogens with one attached hydrogen (secondary N) is 2. The fourth-order valence-corrected chi connectivity index (χ4v) is 2.77. The number of hydrogen-bond acceptors (Lipinski definition) is 3. The van der Waals surface area contributed by atoms with Gasteiger partial charge in [-0.3, -0.25) is 9.79 Å². The number of para-hydroxylation sites is 1. The highest BCUT2D eigenvalue weighted by Gasteiger charge is 2.10. The van der Waals surface area contributed by atoms with Crippen LogP contribution in [0.25, 0.3) is 0 Å². The molecule has 0 radical (unpaired) electrons. The molecule has 158 valence electrons. The van der Waals surface area contributed by atoms with Crippen LogP contribution in [0.3, 0.4) is 0 Å². The molecule has 0 spiro atoms. The summed E-state index contributed by atoms with van der Waals surface area (Å²) in [6.07, 6.45) is 0.402. The highest BCUT2D eigenvalue weighted by Crippen LogP contribution is 2.17. The molecule has 0 heterocycles. The number of rotatable bonds is 9. The number of guanidine groups is 1. The van der Waals surface area contributed by atoms with Crippen LogP contribution in [0.2, 0.25) is 0 Å². The molecule has 29 heavy (non-hydrogen) atoms. The predicted octanol–water partition coefficient (Wildman–Crippen LogP) is 3.42. The maximum Gasteiger partial charge on any atom is 0.224 e. The Morgan fingerprint density at radius 3 is 2.45 bits per heavy atom. The summed E-state index contributed by atoms with van der Waals surface area (Å²) in [6.45, 7) is 4.32. The topological polar surface area (TPSA) is 66.0 Å². The zero-order valence-electron chi connectivity index (χ0n) is 17.4. The molecule has 0 aliphatic heterocycles. The van der Waals surface area contributed by atoms with Crippen molar-refractivity contribution >= 4 is 35.8 Å². The van der Waals surface area contributed by atoms with Crippen LogP contribution < -0.4 is 15.4 Å². The molecule has 0 saturated heterocycles. The third kappa shape index (κ3) is 8.72. The van der Waals surface area contributed by atoms with E-state index in [-0.39, 0.29) is 29.9 Å². The largest absolute Gasteiger partial charge is 0.494 e. The Hall–Kier alpha value is -2.29. The molecule has 2 rings (SSSR count). The van der Waals surface area contributed by atoms with E-state index in [1.807, 2.05) is 68.6 Å². The molecule has 0 aliphatic rings. The molecule has 0 aliphatic carbocycles. The second-order valence-electron chi connectivity index (χ2n) is 6.38. The molecule has 0 atom stereocenters. The lowest BCUT2D eigenvalue weighted by Crippen LogP contribution is -2.39. The molecular weight excluding hydrogens is 479 g/mol. The van der Waals surface area contributed by atoms with E-state index < -0.39 is 0 Å². The fraction of sp³-hybridized carbons (Fsp3) is 0.364. The fourth-order valence-electron chi connectivity index (χ4n) is 2.77. The molecular formula is C22H31IN4O2. The molecule has 0 bridgehead atoms. The summed E-state index contributed by atoms with van der Waals surface area (Å²) in [5.41, 5.74) is 2.18. The zero-order valence-corrected chi connectivity index (χ0v) is 19.7. The number of benzene rings is 2. The van der Waals surface area contributed by atoms with Crippen molar-refractivity contribution in [3.05, 3.63) is 65.7 Å². The standard InChI is InChI=1S/C22H30N4O2.HI/c1-4-28-20-13-9-8-12-19(20)16-25-22(23-2)24-15-14-21(27)26(3)17-18-10-6-5-7-11-18;/h5-13H,4,14-17H2,1-3H3,(H2,23,24,25);1H. The van der Waals surface area contributed by atoms with Crippen molar-refractivity contribution in [3.8, 4) is 5.75 Å². The minimum absolute atomic E-state index is 0. The van der Waals surface area contributed by atoms with Gasteiger partial charge in [0.05, 0.1) is 6.61 Å². The van der Waals surface area contributed by atoms with Crippen molar-refractivity contribution in [2.75, 3.05) is 27.2 Å². The van der Waals surface area contributed by atoms with Gasteiger partial charge < -0.3 is 20.3 Å². The van der Waals surface area contributed by atoms with Crippen LogP contribution in [0.15, 0.2) is 59.6 Å². The Labute approximate surface area is 190 Å². The Morgan fingerprint density at radius 2 is 1.76 bits per heavy atom. The first-order valence-corrected chi connectivity index (χ1v) is 9.57. The molecule has 7 heteroatoms. The van der Waals surface area contributed by atoms with Gasteiger partial charge in [0.15, 0.2) is 5.96 Å². The summed E-state index contributed by atoms with van der Waals surface area (Å²) in [5, 5.41) is 6.45. The Balaban J connectivity index is 0.00000420. The van der Waals surface area contributed by atoms with Crippen LogP contribution in [0.5, 0.6) is 5.75 Å². The third-order valence-electron chi connectivity index (χ3n) is 4.26. The third-order valence-corrected chi connectivity index (χ3v) is 4.26. The number of hydrogen-bond donors (Lipinski definition) is 2. The summed E-state index contributed by atoms with van der Waals surface area (Å²) < 4.78 is 5.64. The van der Waals surface area contributed by atoms with Crippen molar-refractivity contribution in [3.63, 3.8) is 0 Å². The van der Waals surface area contributed by atoms with E-state index in [0.29, 0.717) is 38.6 Å². The van der Waals surface area contributed by atoms with Crippen LogP contribution >= 0.6 is 24.0 Å². The molecule has 1 amide bonds. The Kier molecular flexibility index (Phi) is 11.8. The minimum Gasteiger partial charge on any atom is -0.494 e. The SMILES string of the molecule is CCOc1ccccc1CNC(=NC)NCCC(=O)N(C)Cc1ccccc1.I. The number of carbonyl (C=O) groups excluding carboxylic acids is 1. The van der Waals surface area contributed by atoms with E-state index >= 15 is 0 Å². The zero-order chi connectivity index (χ0) is 20.2. The lowest BCUT2D eigenvalue weighted by Gasteiger charge is -2.18. The number of aliphatic imine (C=N–C) groups is 1. The number of nitrogens with zero attached hydrogens (tertiary/aromatic N) is 2. The van der Waals surface area contributed by atoms with Gasteiger partial charge in [-0.05, 0) is 18.6 Å². The quantitative estimate of drug-likeness (QED) is 0.308. The van der Waals surface area contributed by atoms with Gasteiger partial charge in [-0.25, -0.2) is 0 Å². The number of amides is 1. The molecule has 0 saturated carbocycles. The summed E-state index contributed by atoms with van der Waals surface area (Å²) in [5.74, 6) is 1.61. The Bertz CT molecular complexity index is 768. The van der Waals surface area contributed by atoms with Crippen molar-refractivity contribution in [2.45, 2.75) is 26.4 Å². The van der Waals surface area contributed by atoms with Crippen LogP contribution in [0, 0.1) is 0 Å². The van der Waals surface area contributed by atoms with Crippen LogP contribution in [0.1, 0.15) is 24.5 Å². The maximum absolute atomic E-state index is 12.3. The molecule has 0 fully saturated rings. The van der Waals surface area contributed by atoms with E-state index in [0.717, 1.165) is 16.9 Å². The summed E-state index contributed by atoms with van der Waals surface area (Å²) >= 11 is 0. The van der Waals surface area contributed by atoms with E-state index in [9.17, 15) is 4.79 Å². The van der Waals surface area contributed by atoms with Gasteiger partial charge in [0.1, 0.15) is 5.75 Å². The average Bonchev–Trinajstić information content (AvgIpc) is 2.72. The average molecular weight is 510 g/mol. The summed E-state index contributed by atoms with van der Waals surface area (Å²) in [4.78, 5) is 18.3. The van der Waals surface area contributed by atoms with Gasteiger partial charge in [-0.15, -0.1) is 24.0 Å². The van der Waals surface area contributed by atoms with Crippen LogP contribution in [-0.4, -0.2) is 44.0 Å². The van der Waals surface area contributed by atoms with Gasteiger partial charge in [0.25, 0.3) is 0 Å². The van der Waals surface area contributed by atoms with Crippen molar-refractivity contribution in [2.24, 2.45) is 4.99 Å². The normalized spacial score (nSPS) is 10.7. The highest BCUT2D eigenvalue weighted by atomic mass is 127. The lowest BCUT2D eigenvalue weighted by atomic mass is 10.2. The second kappa shape index (κ2) is 13.8. The van der Waals surface area contributed by atoms with Gasteiger partial charge >= 0.3 is 0 Å². The molecule has 0 aromatic heterocycles.